The number of hydrogen-bond acceptors (Lipinski definition) is 4. The highest BCUT2D eigenvalue weighted by atomic mass is 16.6. The average molecular weight is 433 g/mol. The lowest BCUT2D eigenvalue weighted by Gasteiger charge is -2.27. The fraction of sp³-hybridized carbons (Fsp3) is 0.704. The largest absolute Gasteiger partial charge is 0.465 e. The van der Waals surface area contributed by atoms with Crippen molar-refractivity contribution in [2.45, 2.75) is 111 Å². The summed E-state index contributed by atoms with van der Waals surface area (Å²) in [5.41, 5.74) is -0.288. The zero-order valence-electron chi connectivity index (χ0n) is 20.5. The zero-order valence-corrected chi connectivity index (χ0v) is 20.5. The van der Waals surface area contributed by atoms with Gasteiger partial charge in [0.25, 0.3) is 0 Å². The van der Waals surface area contributed by atoms with Crippen LogP contribution in [0.4, 0.5) is 0 Å². The maximum absolute atomic E-state index is 13.1. The second-order valence-electron chi connectivity index (χ2n) is 8.84. The molecule has 0 aromatic heterocycles. The summed E-state index contributed by atoms with van der Waals surface area (Å²) in [4.78, 5) is 26.0. The lowest BCUT2D eigenvalue weighted by Crippen LogP contribution is -2.42. The molecule has 4 nitrogen and oxygen atoms in total. The molecule has 176 valence electrons. The summed E-state index contributed by atoms with van der Waals surface area (Å²) in [6.45, 7) is 10.4. The lowest BCUT2D eigenvalue weighted by molar-refractivity contribution is -0.168. The number of para-hydroxylation sites is 1. The summed E-state index contributed by atoms with van der Waals surface area (Å²) < 4.78 is 11.3. The Hall–Kier alpha value is -1.84. The molecular formula is C27H44O4. The third kappa shape index (κ3) is 8.66. The molecule has 0 saturated heterocycles. The Morgan fingerprint density at radius 1 is 0.806 bits per heavy atom. The topological polar surface area (TPSA) is 52.6 Å². The predicted molar refractivity (Wildman–Crippen MR) is 127 cm³/mol. The maximum Gasteiger partial charge on any atom is 0.328 e. The van der Waals surface area contributed by atoms with E-state index in [0.29, 0.717) is 25.2 Å². The van der Waals surface area contributed by atoms with Crippen LogP contribution in [0.2, 0.25) is 0 Å². The summed E-state index contributed by atoms with van der Waals surface area (Å²) in [5, 5.41) is 0. The van der Waals surface area contributed by atoms with E-state index in [1.54, 1.807) is 6.07 Å². The van der Waals surface area contributed by atoms with Gasteiger partial charge in [-0.3, -0.25) is 9.59 Å². The van der Waals surface area contributed by atoms with Crippen molar-refractivity contribution in [3.05, 3.63) is 29.8 Å². The number of esters is 2. The van der Waals surface area contributed by atoms with Gasteiger partial charge in [-0.2, -0.15) is 0 Å². The molecule has 31 heavy (non-hydrogen) atoms. The Kier molecular flexibility index (Phi) is 13.2. The van der Waals surface area contributed by atoms with E-state index in [0.717, 1.165) is 18.4 Å². The number of rotatable bonds is 16. The summed E-state index contributed by atoms with van der Waals surface area (Å²) in [6, 6.07) is 7.51. The van der Waals surface area contributed by atoms with Crippen LogP contribution >= 0.6 is 0 Å². The van der Waals surface area contributed by atoms with E-state index in [-0.39, 0.29) is 5.92 Å². The lowest BCUT2D eigenvalue weighted by atomic mass is 9.82. The predicted octanol–water partition coefficient (Wildman–Crippen LogP) is 7.60. The molecule has 1 aromatic rings. The van der Waals surface area contributed by atoms with E-state index in [9.17, 15) is 9.59 Å². The second kappa shape index (κ2) is 15.0. The van der Waals surface area contributed by atoms with Gasteiger partial charge in [0.05, 0.1) is 6.61 Å². The van der Waals surface area contributed by atoms with Gasteiger partial charge < -0.3 is 9.47 Å². The Morgan fingerprint density at radius 3 is 1.90 bits per heavy atom. The number of hydrogen-bond donors (Lipinski definition) is 0. The molecule has 0 N–H and O–H groups in total. The van der Waals surface area contributed by atoms with E-state index in [1.165, 1.54) is 44.9 Å². The van der Waals surface area contributed by atoms with Crippen molar-refractivity contribution in [2.24, 2.45) is 5.41 Å². The van der Waals surface area contributed by atoms with E-state index >= 15 is 0 Å². The van der Waals surface area contributed by atoms with Gasteiger partial charge in [-0.15, -0.1) is 0 Å². The third-order valence-corrected chi connectivity index (χ3v) is 6.21. The van der Waals surface area contributed by atoms with Crippen LogP contribution in [-0.4, -0.2) is 18.5 Å². The molecule has 0 aliphatic heterocycles. The molecule has 0 radical (unpaired) electrons. The normalized spacial score (nSPS) is 11.5. The monoisotopic (exact) mass is 432 g/mol. The SMILES string of the molecule is CCCCCCCCCCCOC(=O)C(CC)(CC)C(=O)Oc1ccccc1C(C)C. The fourth-order valence-corrected chi connectivity index (χ4v) is 3.87. The van der Waals surface area contributed by atoms with E-state index < -0.39 is 17.4 Å². The highest BCUT2D eigenvalue weighted by Gasteiger charge is 2.46. The standard InChI is InChI=1S/C27H44O4/c1-6-9-10-11-12-13-14-15-18-21-30-25(28)27(7-2,8-3)26(29)31-24-20-17-16-19-23(24)22(4)5/h16-17,19-20,22H,6-15,18,21H2,1-5H3. The number of carbonyl (C=O) groups is 2. The van der Waals surface area contributed by atoms with Crippen molar-refractivity contribution in [1.29, 1.82) is 0 Å². The Balaban J connectivity index is 2.53. The number of carbonyl (C=O) groups excluding carboxylic acids is 2. The molecule has 0 fully saturated rings. The first kappa shape index (κ1) is 27.2. The van der Waals surface area contributed by atoms with Gasteiger partial charge in [-0.1, -0.05) is 104 Å². The van der Waals surface area contributed by atoms with Gasteiger partial charge in [-0.05, 0) is 36.8 Å². The van der Waals surface area contributed by atoms with Crippen LogP contribution in [0.5, 0.6) is 5.75 Å². The number of benzene rings is 1. The zero-order chi connectivity index (χ0) is 23.1. The summed E-state index contributed by atoms with van der Waals surface area (Å²) >= 11 is 0. The van der Waals surface area contributed by atoms with E-state index in [2.05, 4.69) is 20.8 Å². The van der Waals surface area contributed by atoms with Crippen LogP contribution in [0.25, 0.3) is 0 Å². The molecule has 0 spiro atoms. The van der Waals surface area contributed by atoms with Crippen LogP contribution in [-0.2, 0) is 14.3 Å². The minimum Gasteiger partial charge on any atom is -0.465 e. The number of unbranched alkanes of at least 4 members (excludes halogenated alkanes) is 8. The molecule has 1 aromatic carbocycles. The quantitative estimate of drug-likeness (QED) is 0.117. The molecule has 0 saturated carbocycles. The minimum absolute atomic E-state index is 0.222. The fourth-order valence-electron chi connectivity index (χ4n) is 3.87. The molecular weight excluding hydrogens is 388 g/mol. The van der Waals surface area contributed by atoms with Crippen LogP contribution < -0.4 is 4.74 Å². The van der Waals surface area contributed by atoms with Crippen molar-refractivity contribution in [1.82, 2.24) is 0 Å². The van der Waals surface area contributed by atoms with Crippen LogP contribution in [0, 0.1) is 5.41 Å². The number of ether oxygens (including phenoxy) is 2. The molecule has 1 rings (SSSR count). The molecule has 0 aliphatic rings. The summed E-state index contributed by atoms with van der Waals surface area (Å²) in [5.74, 6) is -0.215. The van der Waals surface area contributed by atoms with Crippen LogP contribution in [0.15, 0.2) is 24.3 Å². The summed E-state index contributed by atoms with van der Waals surface area (Å²) in [6.07, 6.45) is 11.6. The first-order chi connectivity index (χ1) is 14.9. The van der Waals surface area contributed by atoms with E-state index in [1.807, 2.05) is 32.0 Å². The van der Waals surface area contributed by atoms with Crippen molar-refractivity contribution in [2.75, 3.05) is 6.61 Å². The molecule has 0 amide bonds. The molecule has 0 heterocycles. The molecule has 4 heteroatoms. The van der Waals surface area contributed by atoms with Crippen LogP contribution in [0.1, 0.15) is 117 Å². The first-order valence-electron chi connectivity index (χ1n) is 12.4. The van der Waals surface area contributed by atoms with Crippen molar-refractivity contribution in [3.8, 4) is 5.75 Å². The highest BCUT2D eigenvalue weighted by molar-refractivity contribution is 6.00. The smallest absolute Gasteiger partial charge is 0.328 e. The van der Waals surface area contributed by atoms with Gasteiger partial charge in [-0.25, -0.2) is 0 Å². The van der Waals surface area contributed by atoms with Crippen molar-refractivity contribution in [3.63, 3.8) is 0 Å². The Morgan fingerprint density at radius 2 is 1.35 bits per heavy atom. The van der Waals surface area contributed by atoms with E-state index in [4.69, 9.17) is 9.47 Å². The average Bonchev–Trinajstić information content (AvgIpc) is 2.76. The summed E-state index contributed by atoms with van der Waals surface area (Å²) in [7, 11) is 0. The molecule has 0 aliphatic carbocycles. The van der Waals surface area contributed by atoms with Gasteiger partial charge in [0.2, 0.25) is 0 Å². The molecule has 0 atom stereocenters. The molecule has 0 unspecified atom stereocenters. The highest BCUT2D eigenvalue weighted by Crippen LogP contribution is 2.33. The van der Waals surface area contributed by atoms with Crippen molar-refractivity contribution < 1.29 is 19.1 Å². The van der Waals surface area contributed by atoms with Gasteiger partial charge in [0, 0.05) is 0 Å². The van der Waals surface area contributed by atoms with Gasteiger partial charge >= 0.3 is 11.9 Å². The second-order valence-corrected chi connectivity index (χ2v) is 8.84. The maximum atomic E-state index is 13.1. The minimum atomic E-state index is -1.25. The van der Waals surface area contributed by atoms with Crippen molar-refractivity contribution >= 4 is 11.9 Å². The molecule has 0 bridgehead atoms. The van der Waals surface area contributed by atoms with Gasteiger partial charge in [0.15, 0.2) is 5.41 Å². The third-order valence-electron chi connectivity index (χ3n) is 6.21. The Bertz CT molecular complexity index is 646. The van der Waals surface area contributed by atoms with Crippen LogP contribution in [0.3, 0.4) is 0 Å². The Labute approximate surface area is 190 Å². The van der Waals surface area contributed by atoms with Gasteiger partial charge in [0.1, 0.15) is 5.75 Å². The first-order valence-corrected chi connectivity index (χ1v) is 12.4.